The van der Waals surface area contributed by atoms with Crippen LogP contribution in [0.1, 0.15) is 11.4 Å². The SMILES string of the molecule is Cc1cc(Cn2ccc3c(Cl)cccc32)n(C)n1. The Morgan fingerprint density at radius 2 is 2.11 bits per heavy atom. The number of benzene rings is 1. The molecule has 3 nitrogen and oxygen atoms in total. The van der Waals surface area contributed by atoms with Gasteiger partial charge in [0.1, 0.15) is 0 Å². The monoisotopic (exact) mass is 259 g/mol. The number of hydrogen-bond donors (Lipinski definition) is 0. The van der Waals surface area contributed by atoms with Gasteiger partial charge in [0.15, 0.2) is 0 Å². The first kappa shape index (κ1) is 11.4. The third-order valence-corrected chi connectivity index (χ3v) is 3.52. The highest BCUT2D eigenvalue weighted by molar-refractivity contribution is 6.35. The molecule has 0 atom stereocenters. The van der Waals surface area contributed by atoms with Crippen LogP contribution in [0.2, 0.25) is 5.02 Å². The predicted molar refractivity (Wildman–Crippen MR) is 74.0 cm³/mol. The van der Waals surface area contributed by atoms with Gasteiger partial charge < -0.3 is 4.57 Å². The van der Waals surface area contributed by atoms with E-state index in [2.05, 4.69) is 34.1 Å². The molecule has 0 unspecified atom stereocenters. The predicted octanol–water partition coefficient (Wildman–Crippen LogP) is 3.38. The van der Waals surface area contributed by atoms with Crippen LogP contribution in [0.25, 0.3) is 10.9 Å². The normalized spacial score (nSPS) is 11.3. The van der Waals surface area contributed by atoms with Crippen LogP contribution in [0.5, 0.6) is 0 Å². The molecule has 0 aliphatic rings. The fourth-order valence-electron chi connectivity index (χ4n) is 2.31. The standard InChI is InChI=1S/C14H14ClN3/c1-10-8-11(17(2)16-10)9-18-7-6-12-13(15)4-3-5-14(12)18/h3-8H,9H2,1-2H3. The molecule has 0 N–H and O–H groups in total. The molecule has 0 spiro atoms. The maximum atomic E-state index is 6.18. The summed E-state index contributed by atoms with van der Waals surface area (Å²) in [6, 6.07) is 10.2. The molecule has 2 aromatic heterocycles. The number of aromatic nitrogens is 3. The summed E-state index contributed by atoms with van der Waals surface area (Å²) < 4.78 is 4.11. The minimum atomic E-state index is 0.799. The number of halogens is 1. The molecule has 0 bridgehead atoms. The first-order valence-corrected chi connectivity index (χ1v) is 6.26. The van der Waals surface area contributed by atoms with Gasteiger partial charge in [0.25, 0.3) is 0 Å². The molecule has 0 saturated heterocycles. The molecule has 0 saturated carbocycles. The number of fused-ring (bicyclic) bond motifs is 1. The first-order chi connectivity index (χ1) is 8.65. The highest BCUT2D eigenvalue weighted by atomic mass is 35.5. The Labute approximate surface area is 111 Å². The van der Waals surface area contributed by atoms with Gasteiger partial charge in [-0.15, -0.1) is 0 Å². The van der Waals surface area contributed by atoms with E-state index in [1.165, 1.54) is 5.69 Å². The summed E-state index contributed by atoms with van der Waals surface area (Å²) in [7, 11) is 1.97. The Balaban J connectivity index is 2.05. The van der Waals surface area contributed by atoms with Gasteiger partial charge in [0.05, 0.1) is 17.9 Å². The van der Waals surface area contributed by atoms with Crippen molar-refractivity contribution in [3.05, 3.63) is 52.9 Å². The van der Waals surface area contributed by atoms with Crippen molar-refractivity contribution in [1.82, 2.24) is 14.3 Å². The molecule has 18 heavy (non-hydrogen) atoms. The average Bonchev–Trinajstić information content (AvgIpc) is 2.86. The van der Waals surface area contributed by atoms with Crippen LogP contribution in [0.15, 0.2) is 36.5 Å². The van der Waals surface area contributed by atoms with E-state index in [0.717, 1.165) is 28.2 Å². The number of rotatable bonds is 2. The zero-order valence-electron chi connectivity index (χ0n) is 10.4. The Morgan fingerprint density at radius 3 is 2.83 bits per heavy atom. The average molecular weight is 260 g/mol. The molecule has 0 radical (unpaired) electrons. The molecule has 1 aromatic carbocycles. The van der Waals surface area contributed by atoms with E-state index >= 15 is 0 Å². The van der Waals surface area contributed by atoms with Crippen molar-refractivity contribution >= 4 is 22.5 Å². The zero-order chi connectivity index (χ0) is 12.7. The molecule has 2 heterocycles. The number of aryl methyl sites for hydroxylation is 2. The topological polar surface area (TPSA) is 22.8 Å². The van der Waals surface area contributed by atoms with Crippen LogP contribution >= 0.6 is 11.6 Å². The van der Waals surface area contributed by atoms with Crippen molar-refractivity contribution < 1.29 is 0 Å². The van der Waals surface area contributed by atoms with E-state index in [-0.39, 0.29) is 0 Å². The van der Waals surface area contributed by atoms with Crippen molar-refractivity contribution in [1.29, 1.82) is 0 Å². The lowest BCUT2D eigenvalue weighted by atomic mass is 10.2. The lowest BCUT2D eigenvalue weighted by molar-refractivity contribution is 0.673. The van der Waals surface area contributed by atoms with Gasteiger partial charge >= 0.3 is 0 Å². The number of nitrogens with zero attached hydrogens (tertiary/aromatic N) is 3. The third-order valence-electron chi connectivity index (χ3n) is 3.19. The van der Waals surface area contributed by atoms with E-state index in [1.54, 1.807) is 0 Å². The van der Waals surface area contributed by atoms with Crippen molar-refractivity contribution in [3.63, 3.8) is 0 Å². The third kappa shape index (κ3) is 1.81. The highest BCUT2D eigenvalue weighted by Crippen LogP contribution is 2.24. The smallest absolute Gasteiger partial charge is 0.0645 e. The van der Waals surface area contributed by atoms with Crippen LogP contribution in [0.3, 0.4) is 0 Å². The van der Waals surface area contributed by atoms with Gasteiger partial charge in [0.2, 0.25) is 0 Å². The second kappa shape index (κ2) is 4.18. The summed E-state index contributed by atoms with van der Waals surface area (Å²) >= 11 is 6.18. The number of hydrogen-bond acceptors (Lipinski definition) is 1. The van der Waals surface area contributed by atoms with Gasteiger partial charge in [0, 0.05) is 29.2 Å². The Morgan fingerprint density at radius 1 is 1.28 bits per heavy atom. The lowest BCUT2D eigenvalue weighted by Gasteiger charge is -2.06. The summed E-state index contributed by atoms with van der Waals surface area (Å²) in [5.74, 6) is 0. The Hall–Kier alpha value is -1.74. The molecule has 0 aliphatic carbocycles. The van der Waals surface area contributed by atoms with E-state index < -0.39 is 0 Å². The van der Waals surface area contributed by atoms with Gasteiger partial charge in [-0.25, -0.2) is 0 Å². The van der Waals surface area contributed by atoms with Gasteiger partial charge in [-0.1, -0.05) is 17.7 Å². The summed E-state index contributed by atoms with van der Waals surface area (Å²) in [6.45, 7) is 2.81. The maximum absolute atomic E-state index is 6.18. The Kier molecular flexibility index (Phi) is 2.63. The minimum Gasteiger partial charge on any atom is -0.341 e. The first-order valence-electron chi connectivity index (χ1n) is 5.88. The van der Waals surface area contributed by atoms with Gasteiger partial charge in [-0.3, -0.25) is 4.68 Å². The molecule has 92 valence electrons. The van der Waals surface area contributed by atoms with Crippen LogP contribution in [0.4, 0.5) is 0 Å². The van der Waals surface area contributed by atoms with E-state index in [0.29, 0.717) is 0 Å². The van der Waals surface area contributed by atoms with Crippen molar-refractivity contribution in [3.8, 4) is 0 Å². The van der Waals surface area contributed by atoms with Gasteiger partial charge in [-0.05, 0) is 31.2 Å². The zero-order valence-corrected chi connectivity index (χ0v) is 11.1. The second-order valence-corrected chi connectivity index (χ2v) is 4.92. The molecule has 4 heteroatoms. The van der Waals surface area contributed by atoms with E-state index in [4.69, 9.17) is 11.6 Å². The summed E-state index contributed by atoms with van der Waals surface area (Å²) in [5.41, 5.74) is 3.38. The largest absolute Gasteiger partial charge is 0.341 e. The molecule has 0 aliphatic heterocycles. The fraction of sp³-hybridized carbons (Fsp3) is 0.214. The molecular weight excluding hydrogens is 246 g/mol. The van der Waals surface area contributed by atoms with Crippen molar-refractivity contribution in [2.45, 2.75) is 13.5 Å². The quantitative estimate of drug-likeness (QED) is 0.692. The summed E-state index contributed by atoms with van der Waals surface area (Å²) in [5, 5.41) is 6.26. The van der Waals surface area contributed by atoms with Gasteiger partial charge in [-0.2, -0.15) is 5.10 Å². The molecule has 3 rings (SSSR count). The van der Waals surface area contributed by atoms with Crippen molar-refractivity contribution in [2.24, 2.45) is 7.05 Å². The van der Waals surface area contributed by atoms with Crippen LogP contribution < -0.4 is 0 Å². The molecular formula is C14H14ClN3. The van der Waals surface area contributed by atoms with Crippen LogP contribution in [-0.4, -0.2) is 14.3 Å². The molecule has 0 fully saturated rings. The van der Waals surface area contributed by atoms with Crippen LogP contribution in [-0.2, 0) is 13.6 Å². The van der Waals surface area contributed by atoms with Crippen LogP contribution in [0, 0.1) is 6.92 Å². The highest BCUT2D eigenvalue weighted by Gasteiger charge is 2.07. The molecule has 3 aromatic rings. The fourth-order valence-corrected chi connectivity index (χ4v) is 2.54. The molecule has 0 amide bonds. The maximum Gasteiger partial charge on any atom is 0.0645 e. The Bertz CT molecular complexity index is 709. The lowest BCUT2D eigenvalue weighted by Crippen LogP contribution is -2.04. The van der Waals surface area contributed by atoms with Crippen molar-refractivity contribution in [2.75, 3.05) is 0 Å². The van der Waals surface area contributed by atoms with E-state index in [9.17, 15) is 0 Å². The minimum absolute atomic E-state index is 0.799. The summed E-state index contributed by atoms with van der Waals surface area (Å²) in [4.78, 5) is 0. The summed E-state index contributed by atoms with van der Waals surface area (Å²) in [6.07, 6.45) is 2.07. The second-order valence-electron chi connectivity index (χ2n) is 4.52. The van der Waals surface area contributed by atoms with E-state index in [1.807, 2.05) is 30.8 Å².